The van der Waals surface area contributed by atoms with Gasteiger partial charge in [0, 0.05) is 13.1 Å². The fraction of sp³-hybridized carbons (Fsp3) is 0.300. The van der Waals surface area contributed by atoms with Crippen molar-refractivity contribution in [2.24, 2.45) is 0 Å². The molecule has 2 rings (SSSR count). The molecule has 0 amide bonds. The summed E-state index contributed by atoms with van der Waals surface area (Å²) in [5, 5.41) is 9.03. The van der Waals surface area contributed by atoms with Gasteiger partial charge in [0.25, 0.3) is 0 Å². The van der Waals surface area contributed by atoms with Crippen molar-refractivity contribution in [1.82, 2.24) is 4.72 Å². The fourth-order valence-corrected chi connectivity index (χ4v) is 2.99. The summed E-state index contributed by atoms with van der Waals surface area (Å²) in [6.07, 6.45) is 0. The largest absolute Gasteiger partial charge is 0.496 e. The Hall–Kier alpha value is -1.80. The van der Waals surface area contributed by atoms with E-state index in [4.69, 9.17) is 9.84 Å². The number of hydrogen-bond acceptors (Lipinski definition) is 4. The standard InChI is InChI=1S/C10H12N2O5S/c1-17-9-3-2-7(6-8(9)10(13)14)12-5-4-11-18(12,15)16/h2-3,6,11H,4-5H2,1H3,(H,13,14). The lowest BCUT2D eigenvalue weighted by Gasteiger charge is -2.17. The smallest absolute Gasteiger partial charge is 0.339 e. The van der Waals surface area contributed by atoms with Gasteiger partial charge in [-0.15, -0.1) is 0 Å². The van der Waals surface area contributed by atoms with Crippen LogP contribution in [0.15, 0.2) is 18.2 Å². The molecule has 0 aromatic heterocycles. The van der Waals surface area contributed by atoms with Crippen LogP contribution in [0.3, 0.4) is 0 Å². The Balaban J connectivity index is 2.47. The number of carbonyl (C=O) groups is 1. The number of hydrogen-bond donors (Lipinski definition) is 2. The third kappa shape index (κ3) is 2.12. The van der Waals surface area contributed by atoms with E-state index < -0.39 is 16.2 Å². The molecule has 0 spiro atoms. The first-order valence-electron chi connectivity index (χ1n) is 5.14. The van der Waals surface area contributed by atoms with Crippen molar-refractivity contribution in [3.8, 4) is 5.75 Å². The number of rotatable bonds is 3. The summed E-state index contributed by atoms with van der Waals surface area (Å²) in [6, 6.07) is 4.23. The molecular formula is C10H12N2O5S. The highest BCUT2D eigenvalue weighted by Crippen LogP contribution is 2.27. The highest BCUT2D eigenvalue weighted by molar-refractivity contribution is 7.91. The lowest BCUT2D eigenvalue weighted by atomic mass is 10.2. The predicted octanol–water partition coefficient (Wildman–Crippen LogP) is 0.0478. The quantitative estimate of drug-likeness (QED) is 0.810. The van der Waals surface area contributed by atoms with Crippen molar-refractivity contribution in [2.75, 3.05) is 24.5 Å². The average molecular weight is 272 g/mol. The van der Waals surface area contributed by atoms with E-state index in [0.29, 0.717) is 12.2 Å². The van der Waals surface area contributed by atoms with Crippen LogP contribution in [-0.2, 0) is 10.2 Å². The van der Waals surface area contributed by atoms with Gasteiger partial charge in [0.2, 0.25) is 0 Å². The normalized spacial score (nSPS) is 17.7. The molecule has 1 fully saturated rings. The monoisotopic (exact) mass is 272 g/mol. The Morgan fingerprint density at radius 2 is 2.22 bits per heavy atom. The number of methoxy groups -OCH3 is 1. The molecule has 1 aliphatic rings. The van der Waals surface area contributed by atoms with Crippen molar-refractivity contribution in [3.63, 3.8) is 0 Å². The van der Waals surface area contributed by atoms with E-state index in [9.17, 15) is 13.2 Å². The van der Waals surface area contributed by atoms with Gasteiger partial charge in [-0.1, -0.05) is 0 Å². The molecule has 0 aliphatic carbocycles. The van der Waals surface area contributed by atoms with Gasteiger partial charge < -0.3 is 9.84 Å². The van der Waals surface area contributed by atoms with Gasteiger partial charge in [-0.05, 0) is 18.2 Å². The minimum atomic E-state index is -3.55. The molecule has 1 heterocycles. The number of nitrogens with one attached hydrogen (secondary N) is 1. The predicted molar refractivity (Wildman–Crippen MR) is 64.2 cm³/mol. The second-order valence-electron chi connectivity index (χ2n) is 3.66. The first-order valence-corrected chi connectivity index (χ1v) is 6.58. The topological polar surface area (TPSA) is 95.9 Å². The van der Waals surface area contributed by atoms with Crippen molar-refractivity contribution in [3.05, 3.63) is 23.8 Å². The van der Waals surface area contributed by atoms with E-state index in [1.807, 2.05) is 0 Å². The molecule has 1 aromatic carbocycles. The summed E-state index contributed by atoms with van der Waals surface area (Å²) in [5.41, 5.74) is 0.232. The van der Waals surface area contributed by atoms with E-state index in [2.05, 4.69) is 4.72 Å². The zero-order valence-corrected chi connectivity index (χ0v) is 10.4. The average Bonchev–Trinajstić information content (AvgIpc) is 2.68. The summed E-state index contributed by atoms with van der Waals surface area (Å²) < 4.78 is 31.6. The first kappa shape index (κ1) is 12.7. The summed E-state index contributed by atoms with van der Waals surface area (Å²) in [4.78, 5) is 11.0. The number of anilines is 1. The summed E-state index contributed by atoms with van der Waals surface area (Å²) >= 11 is 0. The number of aromatic carboxylic acids is 1. The third-order valence-electron chi connectivity index (χ3n) is 2.59. The molecule has 0 atom stereocenters. The summed E-state index contributed by atoms with van der Waals surface area (Å²) in [6.45, 7) is 0.574. The number of carboxylic acid groups (broad SMARTS) is 1. The van der Waals surface area contributed by atoms with E-state index >= 15 is 0 Å². The van der Waals surface area contributed by atoms with E-state index in [-0.39, 0.29) is 17.9 Å². The highest BCUT2D eigenvalue weighted by atomic mass is 32.2. The minimum absolute atomic E-state index is 0.0721. The molecule has 1 saturated heterocycles. The van der Waals surface area contributed by atoms with Gasteiger partial charge in [-0.3, -0.25) is 4.31 Å². The number of nitrogens with zero attached hydrogens (tertiary/aromatic N) is 1. The maximum atomic E-state index is 11.6. The van der Waals surface area contributed by atoms with Crippen molar-refractivity contribution in [1.29, 1.82) is 0 Å². The van der Waals surface area contributed by atoms with Crippen LogP contribution in [0.5, 0.6) is 5.75 Å². The molecule has 1 aliphatic heterocycles. The lowest BCUT2D eigenvalue weighted by Crippen LogP contribution is -2.29. The maximum Gasteiger partial charge on any atom is 0.339 e. The molecule has 0 saturated carbocycles. The van der Waals surface area contributed by atoms with Gasteiger partial charge in [-0.25, -0.2) is 4.79 Å². The molecule has 0 bridgehead atoms. The SMILES string of the molecule is COc1ccc(N2CCNS2(=O)=O)cc1C(=O)O. The van der Waals surface area contributed by atoms with Crippen LogP contribution >= 0.6 is 0 Å². The minimum Gasteiger partial charge on any atom is -0.496 e. The van der Waals surface area contributed by atoms with Crippen molar-refractivity contribution < 1.29 is 23.1 Å². The second kappa shape index (κ2) is 4.46. The first-order chi connectivity index (χ1) is 8.45. The molecule has 98 valence electrons. The molecule has 1 aromatic rings. The van der Waals surface area contributed by atoms with Crippen molar-refractivity contribution >= 4 is 21.9 Å². The van der Waals surface area contributed by atoms with Gasteiger partial charge >= 0.3 is 16.2 Å². The van der Waals surface area contributed by atoms with E-state index in [1.165, 1.54) is 25.3 Å². The molecule has 8 heteroatoms. The molecule has 18 heavy (non-hydrogen) atoms. The lowest BCUT2D eigenvalue weighted by molar-refractivity contribution is 0.0693. The third-order valence-corrected chi connectivity index (χ3v) is 4.13. The van der Waals surface area contributed by atoms with Gasteiger partial charge in [0.05, 0.1) is 12.8 Å². The second-order valence-corrected chi connectivity index (χ2v) is 5.34. The van der Waals surface area contributed by atoms with Crippen LogP contribution < -0.4 is 13.8 Å². The molecular weight excluding hydrogens is 260 g/mol. The van der Waals surface area contributed by atoms with E-state index in [0.717, 1.165) is 4.31 Å². The molecule has 7 nitrogen and oxygen atoms in total. The number of carboxylic acids is 1. The van der Waals surface area contributed by atoms with Crippen LogP contribution in [-0.4, -0.2) is 39.7 Å². The maximum absolute atomic E-state index is 11.6. The Kier molecular flexibility index (Phi) is 3.14. The van der Waals surface area contributed by atoms with Crippen LogP contribution in [0.25, 0.3) is 0 Å². The summed E-state index contributed by atoms with van der Waals surface area (Å²) in [5.74, 6) is -0.978. The Morgan fingerprint density at radius 1 is 1.50 bits per heavy atom. The van der Waals surface area contributed by atoms with Gasteiger partial charge in [0.15, 0.2) is 0 Å². The molecule has 2 N–H and O–H groups in total. The Morgan fingerprint density at radius 3 is 2.72 bits per heavy atom. The highest BCUT2D eigenvalue weighted by Gasteiger charge is 2.28. The molecule has 0 radical (unpaired) electrons. The van der Waals surface area contributed by atoms with Gasteiger partial charge in [0.1, 0.15) is 11.3 Å². The van der Waals surface area contributed by atoms with E-state index in [1.54, 1.807) is 0 Å². The number of ether oxygens (including phenoxy) is 1. The van der Waals surface area contributed by atoms with Crippen LogP contribution in [0, 0.1) is 0 Å². The Bertz CT molecular complexity index is 584. The zero-order valence-electron chi connectivity index (χ0n) is 9.58. The Labute approximate surface area is 104 Å². The van der Waals surface area contributed by atoms with Crippen molar-refractivity contribution in [2.45, 2.75) is 0 Å². The molecule has 0 unspecified atom stereocenters. The summed E-state index contributed by atoms with van der Waals surface area (Å²) in [7, 11) is -2.20. The van der Waals surface area contributed by atoms with Crippen LogP contribution in [0.2, 0.25) is 0 Å². The fourth-order valence-electron chi connectivity index (χ4n) is 1.76. The zero-order chi connectivity index (χ0) is 13.3. The van der Waals surface area contributed by atoms with Crippen LogP contribution in [0.4, 0.5) is 5.69 Å². The van der Waals surface area contributed by atoms with Gasteiger partial charge in [-0.2, -0.15) is 13.1 Å². The number of benzene rings is 1. The van der Waals surface area contributed by atoms with Crippen LogP contribution in [0.1, 0.15) is 10.4 Å².